The highest BCUT2D eigenvalue weighted by Crippen LogP contribution is 2.11. The molecule has 22 heavy (non-hydrogen) atoms. The topological polar surface area (TPSA) is 58.1 Å². The van der Waals surface area contributed by atoms with Crippen molar-refractivity contribution in [2.45, 2.75) is 32.3 Å². The van der Waals surface area contributed by atoms with E-state index in [0.29, 0.717) is 6.10 Å². The third-order valence-corrected chi connectivity index (χ3v) is 3.50. The van der Waals surface area contributed by atoms with Crippen LogP contribution in [0.25, 0.3) is 0 Å². The van der Waals surface area contributed by atoms with Gasteiger partial charge in [0.05, 0.1) is 12.6 Å². The van der Waals surface area contributed by atoms with E-state index in [2.05, 4.69) is 34.5 Å². The lowest BCUT2D eigenvalue weighted by atomic mass is 10.2. The smallest absolute Gasteiger partial charge is 0.191 e. The van der Waals surface area contributed by atoms with Crippen LogP contribution >= 0.6 is 24.0 Å². The van der Waals surface area contributed by atoms with Gasteiger partial charge in [-0.2, -0.15) is 0 Å². The van der Waals surface area contributed by atoms with Gasteiger partial charge in [-0.25, -0.2) is 0 Å². The fraction of sp³-hybridized carbons (Fsp3) is 0.933. The summed E-state index contributed by atoms with van der Waals surface area (Å²) in [4.78, 5) is 6.90. The maximum absolute atomic E-state index is 5.60. The van der Waals surface area contributed by atoms with E-state index in [1.54, 1.807) is 7.11 Å². The van der Waals surface area contributed by atoms with E-state index in [-0.39, 0.29) is 24.0 Å². The van der Waals surface area contributed by atoms with Gasteiger partial charge < -0.3 is 25.0 Å². The van der Waals surface area contributed by atoms with Crippen LogP contribution in [-0.2, 0) is 9.47 Å². The van der Waals surface area contributed by atoms with Crippen LogP contribution in [-0.4, -0.2) is 77.1 Å². The first-order valence-electron chi connectivity index (χ1n) is 8.07. The molecule has 0 amide bonds. The Morgan fingerprint density at radius 1 is 1.36 bits per heavy atom. The number of ether oxygens (including phenoxy) is 2. The van der Waals surface area contributed by atoms with Crippen molar-refractivity contribution < 1.29 is 9.47 Å². The van der Waals surface area contributed by atoms with Gasteiger partial charge in [-0.05, 0) is 33.2 Å². The minimum absolute atomic E-state index is 0. The van der Waals surface area contributed by atoms with Crippen molar-refractivity contribution in [2.75, 3.05) is 60.1 Å². The molecule has 0 aromatic carbocycles. The Morgan fingerprint density at radius 2 is 2.18 bits per heavy atom. The second-order valence-corrected chi connectivity index (χ2v) is 5.43. The van der Waals surface area contributed by atoms with Crippen molar-refractivity contribution in [1.82, 2.24) is 15.5 Å². The number of nitrogens with zero attached hydrogens (tertiary/aromatic N) is 2. The maximum Gasteiger partial charge on any atom is 0.191 e. The Kier molecular flexibility index (Phi) is 14.4. The van der Waals surface area contributed by atoms with Gasteiger partial charge in [0.15, 0.2) is 5.96 Å². The minimum atomic E-state index is 0. The fourth-order valence-corrected chi connectivity index (χ4v) is 2.28. The summed E-state index contributed by atoms with van der Waals surface area (Å²) in [5, 5.41) is 6.65. The van der Waals surface area contributed by atoms with Crippen LogP contribution in [0.2, 0.25) is 0 Å². The molecule has 0 bridgehead atoms. The van der Waals surface area contributed by atoms with Crippen LogP contribution < -0.4 is 10.6 Å². The average Bonchev–Trinajstić information content (AvgIpc) is 2.98. The minimum Gasteiger partial charge on any atom is -0.385 e. The summed E-state index contributed by atoms with van der Waals surface area (Å²) in [6.45, 7) is 8.36. The highest BCUT2D eigenvalue weighted by Gasteiger charge is 2.14. The van der Waals surface area contributed by atoms with Crippen LogP contribution in [0, 0.1) is 0 Å². The van der Waals surface area contributed by atoms with Gasteiger partial charge in [-0.3, -0.25) is 4.99 Å². The van der Waals surface area contributed by atoms with Crippen LogP contribution in [0.1, 0.15) is 26.2 Å². The molecule has 0 radical (unpaired) electrons. The van der Waals surface area contributed by atoms with E-state index in [1.807, 2.05) is 0 Å². The van der Waals surface area contributed by atoms with Crippen molar-refractivity contribution in [1.29, 1.82) is 0 Å². The molecule has 0 aromatic rings. The molecule has 1 unspecified atom stereocenters. The van der Waals surface area contributed by atoms with E-state index in [4.69, 9.17) is 9.47 Å². The SMILES string of the molecule is CCNC(=NCC1CCCO1)NCCN(C)CCCOC.I. The monoisotopic (exact) mass is 428 g/mol. The number of hydrogen-bond acceptors (Lipinski definition) is 4. The molecule has 1 atom stereocenters. The van der Waals surface area contributed by atoms with Crippen molar-refractivity contribution in [3.8, 4) is 0 Å². The van der Waals surface area contributed by atoms with Gasteiger partial charge in [0.25, 0.3) is 0 Å². The summed E-state index contributed by atoms with van der Waals surface area (Å²) in [6, 6.07) is 0. The Labute approximate surface area is 152 Å². The van der Waals surface area contributed by atoms with Gasteiger partial charge >= 0.3 is 0 Å². The molecule has 1 heterocycles. The molecule has 0 aliphatic carbocycles. The zero-order valence-corrected chi connectivity index (χ0v) is 16.6. The van der Waals surface area contributed by atoms with Gasteiger partial charge in [-0.1, -0.05) is 0 Å². The lowest BCUT2D eigenvalue weighted by molar-refractivity contribution is 0.117. The first kappa shape index (κ1) is 21.9. The zero-order chi connectivity index (χ0) is 15.3. The van der Waals surface area contributed by atoms with Crippen molar-refractivity contribution >= 4 is 29.9 Å². The molecule has 0 spiro atoms. The summed E-state index contributed by atoms with van der Waals surface area (Å²) in [7, 11) is 3.88. The van der Waals surface area contributed by atoms with Crippen LogP contribution in [0.5, 0.6) is 0 Å². The van der Waals surface area contributed by atoms with Crippen LogP contribution in [0.15, 0.2) is 4.99 Å². The first-order valence-corrected chi connectivity index (χ1v) is 8.07. The molecular weight excluding hydrogens is 395 g/mol. The summed E-state index contributed by atoms with van der Waals surface area (Å²) in [5.41, 5.74) is 0. The second kappa shape index (κ2) is 14.5. The van der Waals surface area contributed by atoms with Crippen molar-refractivity contribution in [2.24, 2.45) is 4.99 Å². The fourth-order valence-electron chi connectivity index (χ4n) is 2.28. The Morgan fingerprint density at radius 3 is 2.82 bits per heavy atom. The molecule has 132 valence electrons. The molecule has 2 N–H and O–H groups in total. The summed E-state index contributed by atoms with van der Waals surface area (Å²) in [6.07, 6.45) is 3.67. The third-order valence-electron chi connectivity index (χ3n) is 3.50. The number of halogens is 1. The zero-order valence-electron chi connectivity index (χ0n) is 14.3. The van der Waals surface area contributed by atoms with Crippen LogP contribution in [0.4, 0.5) is 0 Å². The molecule has 1 aliphatic rings. The average molecular weight is 428 g/mol. The molecule has 1 rings (SSSR count). The number of aliphatic imine (C=N–C) groups is 1. The predicted molar refractivity (Wildman–Crippen MR) is 102 cm³/mol. The summed E-state index contributed by atoms with van der Waals surface area (Å²) < 4.78 is 10.7. The molecule has 1 fully saturated rings. The number of nitrogens with one attached hydrogen (secondary N) is 2. The molecule has 0 aromatic heterocycles. The normalized spacial score (nSPS) is 18.4. The predicted octanol–water partition coefficient (Wildman–Crippen LogP) is 1.31. The van der Waals surface area contributed by atoms with E-state index in [9.17, 15) is 0 Å². The summed E-state index contributed by atoms with van der Waals surface area (Å²) in [5.74, 6) is 0.887. The van der Waals surface area contributed by atoms with Gasteiger partial charge in [0.2, 0.25) is 0 Å². The van der Waals surface area contributed by atoms with Gasteiger partial charge in [0.1, 0.15) is 0 Å². The van der Waals surface area contributed by atoms with E-state index >= 15 is 0 Å². The number of rotatable bonds is 10. The number of likely N-dealkylation sites (N-methyl/N-ethyl adjacent to an activating group) is 1. The van der Waals surface area contributed by atoms with E-state index < -0.39 is 0 Å². The highest BCUT2D eigenvalue weighted by molar-refractivity contribution is 14.0. The second-order valence-electron chi connectivity index (χ2n) is 5.43. The number of hydrogen-bond donors (Lipinski definition) is 2. The lowest BCUT2D eigenvalue weighted by Gasteiger charge is -2.18. The molecule has 1 saturated heterocycles. The molecular formula is C15H33IN4O2. The molecule has 6 nitrogen and oxygen atoms in total. The molecule has 0 saturated carbocycles. The van der Waals surface area contributed by atoms with Gasteiger partial charge in [-0.15, -0.1) is 24.0 Å². The van der Waals surface area contributed by atoms with Crippen LogP contribution in [0.3, 0.4) is 0 Å². The van der Waals surface area contributed by atoms with Gasteiger partial charge in [0, 0.05) is 46.5 Å². The Balaban J connectivity index is 0.00000441. The molecule has 1 aliphatic heterocycles. The van der Waals surface area contributed by atoms with E-state index in [1.165, 1.54) is 0 Å². The van der Waals surface area contributed by atoms with E-state index in [0.717, 1.165) is 71.2 Å². The summed E-state index contributed by atoms with van der Waals surface area (Å²) >= 11 is 0. The Bertz CT molecular complexity index is 287. The number of methoxy groups -OCH3 is 1. The largest absolute Gasteiger partial charge is 0.385 e. The highest BCUT2D eigenvalue weighted by atomic mass is 127. The first-order chi connectivity index (χ1) is 10.3. The quantitative estimate of drug-likeness (QED) is 0.238. The standard InChI is InChI=1S/C15H32N4O2.HI/c1-4-16-15(18-13-14-7-5-12-21-14)17-8-10-19(2)9-6-11-20-3;/h14H,4-13H2,1-3H3,(H2,16,17,18);1H. The third kappa shape index (κ3) is 10.6. The lowest BCUT2D eigenvalue weighted by Crippen LogP contribution is -2.41. The number of guanidine groups is 1. The Hall–Kier alpha value is -0.120. The van der Waals surface area contributed by atoms with Crippen molar-refractivity contribution in [3.63, 3.8) is 0 Å². The van der Waals surface area contributed by atoms with Crippen molar-refractivity contribution in [3.05, 3.63) is 0 Å². The molecule has 7 heteroatoms. The maximum atomic E-state index is 5.60.